The van der Waals surface area contributed by atoms with E-state index in [1.807, 2.05) is 22.7 Å². The van der Waals surface area contributed by atoms with E-state index in [1.54, 1.807) is 0 Å². The van der Waals surface area contributed by atoms with Crippen LogP contribution >= 0.6 is 22.7 Å². The molecule has 0 bridgehead atoms. The third-order valence-electron chi connectivity index (χ3n) is 11.4. The summed E-state index contributed by atoms with van der Waals surface area (Å²) in [6.45, 7) is 0. The molecule has 0 aliphatic carbocycles. The Morgan fingerprint density at radius 1 is 0.259 bits per heavy atom. The second kappa shape index (κ2) is 11.6. The van der Waals surface area contributed by atoms with Gasteiger partial charge in [0.15, 0.2) is 0 Å². The Morgan fingerprint density at radius 2 is 0.796 bits per heavy atom. The summed E-state index contributed by atoms with van der Waals surface area (Å²) in [4.78, 5) is 0. The highest BCUT2D eigenvalue weighted by Gasteiger charge is 2.19. The van der Waals surface area contributed by atoms with Crippen molar-refractivity contribution in [2.45, 2.75) is 0 Å². The molecule has 2 heteroatoms. The second-order valence-electron chi connectivity index (χ2n) is 14.4. The van der Waals surface area contributed by atoms with Crippen LogP contribution < -0.4 is 0 Å². The molecule has 0 atom stereocenters. The first-order valence-electron chi connectivity index (χ1n) is 18.5. The van der Waals surface area contributed by atoms with Crippen molar-refractivity contribution in [3.8, 4) is 33.4 Å². The largest absolute Gasteiger partial charge is 0.135 e. The van der Waals surface area contributed by atoms with Gasteiger partial charge in [0, 0.05) is 40.3 Å². The Bertz CT molecular complexity index is 3450. The molecule has 0 aliphatic rings. The number of thiophene rings is 2. The summed E-state index contributed by atoms with van der Waals surface area (Å²) in [5.74, 6) is 0. The minimum atomic E-state index is 1.23. The van der Waals surface area contributed by atoms with E-state index in [0.717, 1.165) is 0 Å². The lowest BCUT2D eigenvalue weighted by Gasteiger charge is -2.18. The number of hydrogen-bond donors (Lipinski definition) is 0. The summed E-state index contributed by atoms with van der Waals surface area (Å²) in [6.07, 6.45) is 0. The number of benzene rings is 10. The highest BCUT2D eigenvalue weighted by molar-refractivity contribution is 7.30. The van der Waals surface area contributed by atoms with Gasteiger partial charge in [0.05, 0.1) is 0 Å². The van der Waals surface area contributed by atoms with Crippen molar-refractivity contribution in [2.75, 3.05) is 0 Å². The van der Waals surface area contributed by atoms with Gasteiger partial charge in [0.1, 0.15) is 0 Å². The van der Waals surface area contributed by atoms with Gasteiger partial charge in [-0.2, -0.15) is 0 Å². The third kappa shape index (κ3) is 4.42. The summed E-state index contributed by atoms with van der Waals surface area (Å²) < 4.78 is 5.43. The Morgan fingerprint density at radius 3 is 1.56 bits per heavy atom. The third-order valence-corrected chi connectivity index (χ3v) is 13.7. The SMILES string of the molecule is c1cc(-c2ccc3ccccc3c2)cc(-c2c3ccccc3c(-c3ccc4c(c3)sc3ccc5c(sc6ccc7ccccc7c65)c34)c3ccccc23)c1. The van der Waals surface area contributed by atoms with E-state index in [-0.39, 0.29) is 0 Å². The van der Waals surface area contributed by atoms with Crippen LogP contribution in [0.1, 0.15) is 0 Å². The maximum Gasteiger partial charge on any atom is 0.0448 e. The van der Waals surface area contributed by atoms with Crippen molar-refractivity contribution in [3.05, 3.63) is 182 Å². The fourth-order valence-electron chi connectivity index (χ4n) is 8.99. The van der Waals surface area contributed by atoms with Crippen LogP contribution in [0.15, 0.2) is 182 Å². The summed E-state index contributed by atoms with van der Waals surface area (Å²) >= 11 is 3.85. The number of hydrogen-bond acceptors (Lipinski definition) is 2. The number of fused-ring (bicyclic) bond motifs is 12. The first-order chi connectivity index (χ1) is 26.8. The summed E-state index contributed by atoms with van der Waals surface area (Å²) in [6, 6.07) is 67.8. The molecular formula is C52H30S2. The molecule has 0 saturated heterocycles. The Hall–Kier alpha value is -6.32. The average Bonchev–Trinajstić information content (AvgIpc) is 3.81. The van der Waals surface area contributed by atoms with E-state index in [4.69, 9.17) is 0 Å². The molecule has 0 nitrogen and oxygen atoms in total. The zero-order valence-electron chi connectivity index (χ0n) is 29.1. The van der Waals surface area contributed by atoms with Crippen molar-refractivity contribution in [2.24, 2.45) is 0 Å². The van der Waals surface area contributed by atoms with Gasteiger partial charge in [0.2, 0.25) is 0 Å². The maximum absolute atomic E-state index is 2.45. The van der Waals surface area contributed by atoms with Crippen LogP contribution in [0.4, 0.5) is 0 Å². The van der Waals surface area contributed by atoms with Crippen LogP contribution in [0.5, 0.6) is 0 Å². The summed E-state index contributed by atoms with van der Waals surface area (Å²) in [5, 5.41) is 15.7. The van der Waals surface area contributed by atoms with Crippen LogP contribution in [0.3, 0.4) is 0 Å². The molecule has 0 aliphatic heterocycles. The Labute approximate surface area is 319 Å². The molecule has 2 aromatic heterocycles. The van der Waals surface area contributed by atoms with Gasteiger partial charge in [-0.15, -0.1) is 22.7 Å². The van der Waals surface area contributed by atoms with E-state index in [0.29, 0.717) is 0 Å². The van der Waals surface area contributed by atoms with Gasteiger partial charge < -0.3 is 0 Å². The smallest absolute Gasteiger partial charge is 0.0448 e. The molecule has 0 N–H and O–H groups in total. The van der Waals surface area contributed by atoms with Crippen LogP contribution in [0.25, 0.3) is 117 Å². The lowest BCUT2D eigenvalue weighted by Crippen LogP contribution is -1.91. The predicted octanol–water partition coefficient (Wildman–Crippen LogP) is 16.0. The molecule has 54 heavy (non-hydrogen) atoms. The molecule has 0 radical (unpaired) electrons. The van der Waals surface area contributed by atoms with E-state index in [1.165, 1.54) is 117 Å². The van der Waals surface area contributed by atoms with E-state index in [9.17, 15) is 0 Å². The van der Waals surface area contributed by atoms with E-state index in [2.05, 4.69) is 182 Å². The molecule has 0 saturated carbocycles. The fraction of sp³-hybridized carbons (Fsp3) is 0. The fourth-order valence-corrected chi connectivity index (χ4v) is 11.5. The van der Waals surface area contributed by atoms with Gasteiger partial charge in [-0.25, -0.2) is 0 Å². The zero-order chi connectivity index (χ0) is 35.3. The Kier molecular flexibility index (Phi) is 6.48. The normalized spacial score (nSPS) is 12.1. The lowest BCUT2D eigenvalue weighted by atomic mass is 9.85. The van der Waals surface area contributed by atoms with Gasteiger partial charge in [-0.3, -0.25) is 0 Å². The molecule has 0 spiro atoms. The minimum Gasteiger partial charge on any atom is -0.135 e. The first kappa shape index (κ1) is 30.2. The highest BCUT2D eigenvalue weighted by atomic mass is 32.1. The van der Waals surface area contributed by atoms with Crippen LogP contribution in [-0.2, 0) is 0 Å². The van der Waals surface area contributed by atoms with Crippen molar-refractivity contribution in [1.82, 2.24) is 0 Å². The monoisotopic (exact) mass is 718 g/mol. The summed E-state index contributed by atoms with van der Waals surface area (Å²) in [5.41, 5.74) is 7.55. The quantitative estimate of drug-likeness (QED) is 0.160. The maximum atomic E-state index is 2.45. The standard InChI is InChI=1S/C52H30S2/c1-2-12-33-28-35(21-20-31(33)10-1)34-13-9-14-36(29-34)48-39-16-5-7-18-41(39)49(42-19-8-6-17-40(42)48)37-22-24-43-47(30-37)53-46-27-25-44-50-38-15-4-3-11-32(38)23-26-45(50)54-52(44)51(43)46/h1-30H. The zero-order valence-corrected chi connectivity index (χ0v) is 30.8. The van der Waals surface area contributed by atoms with Crippen LogP contribution in [0.2, 0.25) is 0 Å². The molecule has 250 valence electrons. The van der Waals surface area contributed by atoms with Gasteiger partial charge in [-0.05, 0) is 107 Å². The van der Waals surface area contributed by atoms with Crippen molar-refractivity contribution < 1.29 is 0 Å². The minimum absolute atomic E-state index is 1.23. The number of rotatable bonds is 3. The first-order valence-corrected chi connectivity index (χ1v) is 20.1. The van der Waals surface area contributed by atoms with E-state index >= 15 is 0 Å². The molecule has 0 unspecified atom stereocenters. The van der Waals surface area contributed by atoms with Gasteiger partial charge >= 0.3 is 0 Å². The van der Waals surface area contributed by atoms with Crippen molar-refractivity contribution >= 4 is 106 Å². The lowest BCUT2D eigenvalue weighted by molar-refractivity contribution is 1.63. The topological polar surface area (TPSA) is 0 Å². The molecule has 10 aromatic carbocycles. The summed E-state index contributed by atoms with van der Waals surface area (Å²) in [7, 11) is 0. The predicted molar refractivity (Wildman–Crippen MR) is 239 cm³/mol. The Balaban J connectivity index is 1.06. The van der Waals surface area contributed by atoms with Gasteiger partial charge in [0.25, 0.3) is 0 Å². The van der Waals surface area contributed by atoms with Crippen molar-refractivity contribution in [3.63, 3.8) is 0 Å². The van der Waals surface area contributed by atoms with Crippen LogP contribution in [0, 0.1) is 0 Å². The average molecular weight is 719 g/mol. The highest BCUT2D eigenvalue weighted by Crippen LogP contribution is 2.49. The molecular weight excluding hydrogens is 689 g/mol. The van der Waals surface area contributed by atoms with Crippen molar-refractivity contribution in [1.29, 1.82) is 0 Å². The molecule has 0 fully saturated rings. The second-order valence-corrected chi connectivity index (χ2v) is 16.5. The molecule has 2 heterocycles. The van der Waals surface area contributed by atoms with Crippen LogP contribution in [-0.4, -0.2) is 0 Å². The molecule has 12 rings (SSSR count). The molecule has 0 amide bonds. The van der Waals surface area contributed by atoms with Gasteiger partial charge in [-0.1, -0.05) is 152 Å². The molecule has 12 aromatic rings. The van der Waals surface area contributed by atoms with E-state index < -0.39 is 0 Å².